The summed E-state index contributed by atoms with van der Waals surface area (Å²) in [5, 5.41) is 5.51. The molecule has 9 heteroatoms. The summed E-state index contributed by atoms with van der Waals surface area (Å²) in [5.41, 5.74) is 0.464. The first kappa shape index (κ1) is 19.8. The third-order valence-electron chi connectivity index (χ3n) is 4.16. The van der Waals surface area contributed by atoms with Crippen LogP contribution in [-0.4, -0.2) is 72.5 Å². The van der Waals surface area contributed by atoms with Crippen molar-refractivity contribution in [3.8, 4) is 0 Å². The zero-order valence-electron chi connectivity index (χ0n) is 14.8. The van der Waals surface area contributed by atoms with Crippen LogP contribution in [0.2, 0.25) is 5.02 Å². The molecule has 3 rings (SSSR count). The Hall–Kier alpha value is -2.00. The van der Waals surface area contributed by atoms with Crippen LogP contribution in [0.4, 0.5) is 5.13 Å². The average Bonchev–Trinajstić information content (AvgIpc) is 3.18. The molecule has 1 fully saturated rings. The fraction of sp³-hybridized carbons (Fsp3) is 0.389. The Labute approximate surface area is 166 Å². The van der Waals surface area contributed by atoms with Crippen LogP contribution in [0, 0.1) is 0 Å². The summed E-state index contributed by atoms with van der Waals surface area (Å²) in [6.45, 7) is 4.10. The molecule has 0 aliphatic carbocycles. The van der Waals surface area contributed by atoms with Crippen molar-refractivity contribution in [1.82, 2.24) is 14.8 Å². The topological polar surface area (TPSA) is 74.8 Å². The van der Waals surface area contributed by atoms with Crippen LogP contribution >= 0.6 is 22.9 Å². The summed E-state index contributed by atoms with van der Waals surface area (Å²) in [6.07, 6.45) is 1.62. The zero-order valence-corrected chi connectivity index (χ0v) is 16.3. The van der Waals surface area contributed by atoms with Crippen molar-refractivity contribution in [3.05, 3.63) is 46.4 Å². The van der Waals surface area contributed by atoms with Crippen molar-refractivity contribution in [3.63, 3.8) is 0 Å². The molecular formula is C18H21ClN4O3S. The van der Waals surface area contributed by atoms with Gasteiger partial charge in [-0.05, 0) is 18.2 Å². The van der Waals surface area contributed by atoms with Crippen LogP contribution < -0.4 is 5.32 Å². The lowest BCUT2D eigenvalue weighted by molar-refractivity contribution is -0.117. The van der Waals surface area contributed by atoms with Crippen LogP contribution in [0.15, 0.2) is 35.8 Å². The Kier molecular flexibility index (Phi) is 7.17. The molecule has 0 spiro atoms. The number of hydrogen-bond acceptors (Lipinski definition) is 6. The van der Waals surface area contributed by atoms with Gasteiger partial charge in [-0.2, -0.15) is 0 Å². The maximum Gasteiger partial charge on any atom is 0.254 e. The first-order valence-electron chi connectivity index (χ1n) is 8.66. The number of aromatic nitrogens is 1. The van der Waals surface area contributed by atoms with Crippen molar-refractivity contribution >= 4 is 39.9 Å². The van der Waals surface area contributed by atoms with Crippen molar-refractivity contribution in [2.45, 2.75) is 0 Å². The number of carbonyl (C=O) groups excluding carboxylic acids is 2. The van der Waals surface area contributed by atoms with Gasteiger partial charge in [0.2, 0.25) is 5.91 Å². The molecule has 0 unspecified atom stereocenters. The van der Waals surface area contributed by atoms with E-state index >= 15 is 0 Å². The molecule has 0 radical (unpaired) electrons. The first-order valence-corrected chi connectivity index (χ1v) is 9.92. The number of benzene rings is 1. The van der Waals surface area contributed by atoms with E-state index in [2.05, 4.69) is 15.2 Å². The smallest absolute Gasteiger partial charge is 0.254 e. The molecule has 2 aromatic rings. The molecule has 144 valence electrons. The second-order valence-electron chi connectivity index (χ2n) is 6.08. The number of anilines is 1. The molecular weight excluding hydrogens is 388 g/mol. The van der Waals surface area contributed by atoms with E-state index in [1.54, 1.807) is 40.7 Å². The molecule has 1 N–H and O–H groups in total. The highest BCUT2D eigenvalue weighted by Crippen LogP contribution is 2.14. The van der Waals surface area contributed by atoms with Gasteiger partial charge in [-0.3, -0.25) is 14.5 Å². The van der Waals surface area contributed by atoms with Gasteiger partial charge in [0.05, 0.1) is 13.2 Å². The van der Waals surface area contributed by atoms with Gasteiger partial charge in [0.25, 0.3) is 5.91 Å². The third-order valence-corrected chi connectivity index (χ3v) is 5.09. The van der Waals surface area contributed by atoms with Gasteiger partial charge in [-0.25, -0.2) is 4.98 Å². The van der Waals surface area contributed by atoms with E-state index in [1.165, 1.54) is 11.3 Å². The number of morpholine rings is 1. The largest absolute Gasteiger partial charge is 0.379 e. The maximum absolute atomic E-state index is 12.9. The quantitative estimate of drug-likeness (QED) is 0.760. The van der Waals surface area contributed by atoms with Crippen LogP contribution in [0.3, 0.4) is 0 Å². The fourth-order valence-electron chi connectivity index (χ4n) is 2.76. The molecule has 1 aliphatic heterocycles. The Bertz CT molecular complexity index is 766. The van der Waals surface area contributed by atoms with Crippen LogP contribution in [0.1, 0.15) is 10.4 Å². The monoisotopic (exact) mass is 408 g/mol. The lowest BCUT2D eigenvalue weighted by atomic mass is 10.2. The highest BCUT2D eigenvalue weighted by Gasteiger charge is 2.21. The van der Waals surface area contributed by atoms with Gasteiger partial charge in [-0.1, -0.05) is 17.7 Å². The fourth-order valence-corrected chi connectivity index (χ4v) is 3.50. The number of ether oxygens (including phenoxy) is 1. The second-order valence-corrected chi connectivity index (χ2v) is 7.41. The summed E-state index contributed by atoms with van der Waals surface area (Å²) < 4.78 is 5.35. The van der Waals surface area contributed by atoms with Gasteiger partial charge in [0.15, 0.2) is 5.13 Å². The van der Waals surface area contributed by atoms with Gasteiger partial charge in [0.1, 0.15) is 6.54 Å². The van der Waals surface area contributed by atoms with Crippen molar-refractivity contribution in [2.75, 3.05) is 51.3 Å². The molecule has 1 aromatic carbocycles. The number of amides is 2. The summed E-state index contributed by atoms with van der Waals surface area (Å²) >= 11 is 7.35. The number of thiazole rings is 1. The van der Waals surface area contributed by atoms with Gasteiger partial charge >= 0.3 is 0 Å². The number of nitrogens with one attached hydrogen (secondary N) is 1. The third kappa shape index (κ3) is 6.00. The van der Waals surface area contributed by atoms with Crippen molar-refractivity contribution < 1.29 is 14.3 Å². The lowest BCUT2D eigenvalue weighted by Gasteiger charge is -2.30. The van der Waals surface area contributed by atoms with Gasteiger partial charge in [-0.15, -0.1) is 11.3 Å². The predicted molar refractivity (Wildman–Crippen MR) is 105 cm³/mol. The Balaban J connectivity index is 1.66. The average molecular weight is 409 g/mol. The predicted octanol–water partition coefficient (Wildman–Crippen LogP) is 2.21. The molecule has 27 heavy (non-hydrogen) atoms. The molecule has 7 nitrogen and oxygen atoms in total. The van der Waals surface area contributed by atoms with E-state index in [4.69, 9.17) is 16.3 Å². The standard InChI is InChI=1S/C18H21ClN4O3S/c19-15-3-1-2-14(12-15)17(25)23(6-5-22-7-9-26-10-8-22)13-16(24)21-18-20-4-11-27-18/h1-4,11-12H,5-10,13H2,(H,20,21,24). The maximum atomic E-state index is 12.9. The van der Waals surface area contributed by atoms with E-state index < -0.39 is 0 Å². The van der Waals surface area contributed by atoms with Gasteiger partial charge < -0.3 is 15.0 Å². The minimum Gasteiger partial charge on any atom is -0.379 e. The Morgan fingerprint density at radius 1 is 1.33 bits per heavy atom. The van der Waals surface area contributed by atoms with Crippen molar-refractivity contribution in [2.24, 2.45) is 0 Å². The number of carbonyl (C=O) groups is 2. The summed E-state index contributed by atoms with van der Waals surface area (Å²) in [7, 11) is 0. The highest BCUT2D eigenvalue weighted by atomic mass is 35.5. The van der Waals surface area contributed by atoms with E-state index in [0.717, 1.165) is 13.1 Å². The van der Waals surface area contributed by atoms with Gasteiger partial charge in [0, 0.05) is 48.3 Å². The van der Waals surface area contributed by atoms with E-state index in [9.17, 15) is 9.59 Å². The molecule has 1 saturated heterocycles. The lowest BCUT2D eigenvalue weighted by Crippen LogP contribution is -2.45. The molecule has 0 atom stereocenters. The van der Waals surface area contributed by atoms with E-state index in [1.807, 2.05) is 0 Å². The number of rotatable bonds is 7. The minimum atomic E-state index is -0.276. The summed E-state index contributed by atoms with van der Waals surface area (Å²) in [6, 6.07) is 6.76. The highest BCUT2D eigenvalue weighted by molar-refractivity contribution is 7.13. The Morgan fingerprint density at radius 2 is 2.15 bits per heavy atom. The molecule has 1 aliphatic rings. The SMILES string of the molecule is O=C(CN(CCN1CCOCC1)C(=O)c1cccc(Cl)c1)Nc1nccs1. The first-order chi connectivity index (χ1) is 13.1. The molecule has 2 amide bonds. The molecule has 0 saturated carbocycles. The number of halogens is 1. The second kappa shape index (κ2) is 9.80. The summed E-state index contributed by atoms with van der Waals surface area (Å²) in [4.78, 5) is 33.1. The van der Waals surface area contributed by atoms with Crippen LogP contribution in [0.5, 0.6) is 0 Å². The molecule has 2 heterocycles. The Morgan fingerprint density at radius 3 is 2.85 bits per heavy atom. The minimum absolute atomic E-state index is 0.0464. The normalized spacial score (nSPS) is 14.7. The van der Waals surface area contributed by atoms with E-state index in [-0.39, 0.29) is 18.4 Å². The summed E-state index contributed by atoms with van der Waals surface area (Å²) in [5.74, 6) is -0.498. The molecule has 0 bridgehead atoms. The van der Waals surface area contributed by atoms with E-state index in [0.29, 0.717) is 42.0 Å². The van der Waals surface area contributed by atoms with Crippen molar-refractivity contribution in [1.29, 1.82) is 0 Å². The van der Waals surface area contributed by atoms with Crippen LogP contribution in [-0.2, 0) is 9.53 Å². The number of nitrogens with zero attached hydrogens (tertiary/aromatic N) is 3. The molecule has 1 aromatic heterocycles. The van der Waals surface area contributed by atoms with Crippen LogP contribution in [0.25, 0.3) is 0 Å². The zero-order chi connectivity index (χ0) is 19.1. The number of hydrogen-bond donors (Lipinski definition) is 1.